The molecular weight excluding hydrogens is 262 g/mol. The molecule has 0 bridgehead atoms. The van der Waals surface area contributed by atoms with Gasteiger partial charge in [-0.1, -0.05) is 44.2 Å². The first-order valence-electron chi connectivity index (χ1n) is 6.54. The summed E-state index contributed by atoms with van der Waals surface area (Å²) in [4.78, 5) is 14.0. The third-order valence-corrected chi connectivity index (χ3v) is 3.73. The monoisotopic (exact) mass is 283 g/mol. The molecule has 0 N–H and O–H groups in total. The van der Waals surface area contributed by atoms with Gasteiger partial charge in [-0.2, -0.15) is 0 Å². The lowest BCUT2D eigenvalue weighted by atomic mass is 9.85. The molecule has 2 unspecified atom stereocenters. The Morgan fingerprint density at radius 3 is 2.53 bits per heavy atom. The van der Waals surface area contributed by atoms with Crippen molar-refractivity contribution in [2.45, 2.75) is 25.9 Å². The minimum atomic E-state index is -0.483. The predicted molar refractivity (Wildman–Crippen MR) is 78.4 cm³/mol. The van der Waals surface area contributed by atoms with E-state index in [1.807, 2.05) is 25.1 Å². The van der Waals surface area contributed by atoms with Gasteiger partial charge in [-0.15, -0.1) is 12.4 Å². The zero-order valence-electron chi connectivity index (χ0n) is 11.8. The van der Waals surface area contributed by atoms with Crippen LogP contribution in [0.4, 0.5) is 0 Å². The van der Waals surface area contributed by atoms with Crippen LogP contribution in [0.3, 0.4) is 0 Å². The minimum Gasteiger partial charge on any atom is -0.452 e. The topological polar surface area (TPSA) is 29.5 Å². The Bertz CT molecular complexity index is 423. The lowest BCUT2D eigenvalue weighted by molar-refractivity contribution is -0.163. The zero-order valence-corrected chi connectivity index (χ0v) is 12.6. The number of hydrogen-bond donors (Lipinski definition) is 0. The average molecular weight is 284 g/mol. The smallest absolute Gasteiger partial charge is 0.306 e. The molecule has 3 nitrogen and oxygen atoms in total. The van der Waals surface area contributed by atoms with E-state index in [1.165, 1.54) is 0 Å². The van der Waals surface area contributed by atoms with Crippen LogP contribution in [0.15, 0.2) is 30.3 Å². The minimum absolute atomic E-state index is 0. The predicted octanol–water partition coefficient (Wildman–Crippen LogP) is 2.84. The number of nitrogens with zero attached hydrogens (tertiary/aromatic N) is 1. The van der Waals surface area contributed by atoms with Gasteiger partial charge in [-0.05, 0) is 12.6 Å². The summed E-state index contributed by atoms with van der Waals surface area (Å²) >= 11 is 0. The molecule has 1 aliphatic rings. The largest absolute Gasteiger partial charge is 0.452 e. The Morgan fingerprint density at radius 1 is 1.42 bits per heavy atom. The van der Waals surface area contributed by atoms with Crippen LogP contribution in [0.5, 0.6) is 0 Å². The van der Waals surface area contributed by atoms with Gasteiger partial charge in [0, 0.05) is 25.4 Å². The van der Waals surface area contributed by atoms with Crippen LogP contribution < -0.4 is 0 Å². The number of ether oxygens (including phenoxy) is 1. The van der Waals surface area contributed by atoms with Crippen molar-refractivity contribution in [3.05, 3.63) is 35.9 Å². The summed E-state index contributed by atoms with van der Waals surface area (Å²) in [6, 6.07) is 10.1. The lowest BCUT2D eigenvalue weighted by Gasteiger charge is -2.33. The van der Waals surface area contributed by atoms with Gasteiger partial charge >= 0.3 is 5.97 Å². The van der Waals surface area contributed by atoms with Gasteiger partial charge in [0.2, 0.25) is 0 Å². The molecule has 0 spiro atoms. The molecule has 2 rings (SSSR count). The molecule has 0 saturated carbocycles. The summed E-state index contributed by atoms with van der Waals surface area (Å²) in [5.41, 5.74) is 0.618. The quantitative estimate of drug-likeness (QED) is 0.799. The number of carbonyl (C=O) groups excluding carboxylic acids is 1. The SMILES string of the molecule is CCC(=O)OC1(c2ccccc2)CN(C)CC1C.Cl. The fourth-order valence-corrected chi connectivity index (χ4v) is 2.80. The first-order valence-corrected chi connectivity index (χ1v) is 6.54. The highest BCUT2D eigenvalue weighted by Crippen LogP contribution is 2.40. The Morgan fingerprint density at radius 2 is 2.05 bits per heavy atom. The van der Waals surface area contributed by atoms with E-state index in [1.54, 1.807) is 0 Å². The van der Waals surface area contributed by atoms with E-state index < -0.39 is 5.60 Å². The van der Waals surface area contributed by atoms with Gasteiger partial charge in [-0.3, -0.25) is 4.79 Å². The standard InChI is InChI=1S/C15H21NO2.ClH/c1-4-14(17)18-15(11-16(3)10-12(15)2)13-8-6-5-7-9-13;/h5-9,12H,4,10-11H2,1-3H3;1H. The number of rotatable bonds is 3. The second-order valence-electron chi connectivity index (χ2n) is 5.18. The van der Waals surface area contributed by atoms with Crippen molar-refractivity contribution in [1.82, 2.24) is 4.90 Å². The van der Waals surface area contributed by atoms with Crippen LogP contribution in [0.2, 0.25) is 0 Å². The molecule has 1 fully saturated rings. The van der Waals surface area contributed by atoms with Gasteiger partial charge in [-0.25, -0.2) is 0 Å². The molecule has 1 aliphatic heterocycles. The molecule has 1 saturated heterocycles. The van der Waals surface area contributed by atoms with Crippen molar-refractivity contribution in [2.24, 2.45) is 5.92 Å². The van der Waals surface area contributed by atoms with E-state index in [9.17, 15) is 4.79 Å². The highest BCUT2D eigenvalue weighted by atomic mass is 35.5. The number of benzene rings is 1. The van der Waals surface area contributed by atoms with Gasteiger partial charge in [0.05, 0.1) is 0 Å². The van der Waals surface area contributed by atoms with Crippen molar-refractivity contribution >= 4 is 18.4 Å². The molecule has 19 heavy (non-hydrogen) atoms. The van der Waals surface area contributed by atoms with E-state index in [2.05, 4.69) is 31.0 Å². The highest BCUT2D eigenvalue weighted by Gasteiger charge is 2.47. The van der Waals surface area contributed by atoms with E-state index in [-0.39, 0.29) is 18.4 Å². The fraction of sp³-hybridized carbons (Fsp3) is 0.533. The van der Waals surface area contributed by atoms with Crippen LogP contribution >= 0.6 is 12.4 Å². The summed E-state index contributed by atoms with van der Waals surface area (Å²) in [7, 11) is 2.07. The van der Waals surface area contributed by atoms with E-state index in [4.69, 9.17) is 4.74 Å². The summed E-state index contributed by atoms with van der Waals surface area (Å²) in [6.07, 6.45) is 0.422. The summed E-state index contributed by atoms with van der Waals surface area (Å²) in [5, 5.41) is 0. The summed E-state index contributed by atoms with van der Waals surface area (Å²) in [5.74, 6) is 0.182. The lowest BCUT2D eigenvalue weighted by Crippen LogP contribution is -2.39. The average Bonchev–Trinajstić information content (AvgIpc) is 2.66. The third kappa shape index (κ3) is 3.10. The van der Waals surface area contributed by atoms with Crippen LogP contribution in [-0.4, -0.2) is 31.0 Å². The maximum atomic E-state index is 11.8. The van der Waals surface area contributed by atoms with Gasteiger partial charge < -0.3 is 9.64 Å². The van der Waals surface area contributed by atoms with Gasteiger partial charge in [0.25, 0.3) is 0 Å². The zero-order chi connectivity index (χ0) is 13.2. The van der Waals surface area contributed by atoms with Crippen molar-refractivity contribution in [2.75, 3.05) is 20.1 Å². The molecule has 0 aliphatic carbocycles. The molecule has 106 valence electrons. The number of esters is 1. The van der Waals surface area contributed by atoms with Gasteiger partial charge in [0.15, 0.2) is 5.60 Å². The maximum Gasteiger partial charge on any atom is 0.306 e. The van der Waals surface area contributed by atoms with Crippen LogP contribution in [-0.2, 0) is 15.1 Å². The molecule has 0 aromatic heterocycles. The number of likely N-dealkylation sites (tertiary alicyclic amines) is 1. The maximum absolute atomic E-state index is 11.8. The van der Waals surface area contributed by atoms with E-state index in [0.717, 1.165) is 18.7 Å². The second-order valence-corrected chi connectivity index (χ2v) is 5.18. The normalized spacial score (nSPS) is 26.8. The van der Waals surface area contributed by atoms with E-state index in [0.29, 0.717) is 12.3 Å². The molecule has 0 radical (unpaired) electrons. The van der Waals surface area contributed by atoms with Crippen molar-refractivity contribution < 1.29 is 9.53 Å². The number of hydrogen-bond acceptors (Lipinski definition) is 3. The van der Waals surface area contributed by atoms with Crippen LogP contribution in [0.25, 0.3) is 0 Å². The number of likely N-dealkylation sites (N-methyl/N-ethyl adjacent to an activating group) is 1. The van der Waals surface area contributed by atoms with Crippen LogP contribution in [0, 0.1) is 5.92 Å². The Hall–Kier alpha value is -1.06. The highest BCUT2D eigenvalue weighted by molar-refractivity contribution is 5.85. The van der Waals surface area contributed by atoms with Crippen molar-refractivity contribution in [3.8, 4) is 0 Å². The van der Waals surface area contributed by atoms with Crippen molar-refractivity contribution in [3.63, 3.8) is 0 Å². The molecule has 4 heteroatoms. The molecule has 1 aromatic rings. The molecular formula is C15H22ClNO2. The Balaban J connectivity index is 0.00000180. The van der Waals surface area contributed by atoms with Gasteiger partial charge in [0.1, 0.15) is 0 Å². The summed E-state index contributed by atoms with van der Waals surface area (Å²) < 4.78 is 5.84. The first kappa shape index (κ1) is 16.0. The first-order chi connectivity index (χ1) is 8.58. The third-order valence-electron chi connectivity index (χ3n) is 3.73. The fourth-order valence-electron chi connectivity index (χ4n) is 2.80. The molecule has 2 atom stereocenters. The molecule has 0 amide bonds. The summed E-state index contributed by atoms with van der Waals surface area (Å²) in [6.45, 7) is 5.71. The van der Waals surface area contributed by atoms with Crippen molar-refractivity contribution in [1.29, 1.82) is 0 Å². The van der Waals surface area contributed by atoms with E-state index >= 15 is 0 Å². The molecule has 1 heterocycles. The second kappa shape index (κ2) is 6.40. The molecule has 1 aromatic carbocycles. The Labute approximate surface area is 121 Å². The Kier molecular flexibility index (Phi) is 5.39. The number of halogens is 1. The number of carbonyl (C=O) groups is 1. The van der Waals surface area contributed by atoms with Crippen LogP contribution in [0.1, 0.15) is 25.8 Å².